The molecule has 0 fully saturated rings. The first-order valence-corrected chi connectivity index (χ1v) is 4.89. The third-order valence-corrected chi connectivity index (χ3v) is 2.52. The predicted octanol–water partition coefficient (Wildman–Crippen LogP) is 1.63. The number of hydrogen-bond acceptors (Lipinski definition) is 3. The van der Waals surface area contributed by atoms with Gasteiger partial charge in [0.05, 0.1) is 17.6 Å². The number of carboxylic acid groups (broad SMARTS) is 1. The molecular weight excluding hydrogens is 225 g/mol. The molecule has 6 heteroatoms. The van der Waals surface area contributed by atoms with Gasteiger partial charge in [0.15, 0.2) is 0 Å². The summed E-state index contributed by atoms with van der Waals surface area (Å²) in [6.45, 7) is 1.66. The maximum absolute atomic E-state index is 12.7. The number of aryl methyl sites for hydroxylation is 1. The highest BCUT2D eigenvalue weighted by Gasteiger charge is 2.21. The van der Waals surface area contributed by atoms with Crippen molar-refractivity contribution in [2.45, 2.75) is 6.92 Å². The Kier molecular flexibility index (Phi) is 2.63. The molecule has 2 rings (SSSR count). The van der Waals surface area contributed by atoms with Crippen LogP contribution in [-0.2, 0) is 7.05 Å². The van der Waals surface area contributed by atoms with Crippen molar-refractivity contribution >= 4 is 5.97 Å². The van der Waals surface area contributed by atoms with E-state index in [1.54, 1.807) is 14.0 Å². The fraction of sp³-hybridized carbons (Fsp3) is 0.182. The molecule has 2 heterocycles. The highest BCUT2D eigenvalue weighted by molar-refractivity contribution is 5.95. The van der Waals surface area contributed by atoms with E-state index in [-0.39, 0.29) is 11.3 Å². The molecule has 0 spiro atoms. The van der Waals surface area contributed by atoms with Crippen LogP contribution >= 0.6 is 0 Å². The number of halogens is 1. The fourth-order valence-corrected chi connectivity index (χ4v) is 1.56. The number of rotatable bonds is 2. The van der Waals surface area contributed by atoms with Crippen molar-refractivity contribution in [3.8, 4) is 11.4 Å². The third kappa shape index (κ3) is 1.89. The van der Waals surface area contributed by atoms with Gasteiger partial charge < -0.3 is 5.11 Å². The van der Waals surface area contributed by atoms with Crippen molar-refractivity contribution in [1.29, 1.82) is 0 Å². The topological polar surface area (TPSA) is 68.0 Å². The number of carbonyl (C=O) groups is 1. The van der Waals surface area contributed by atoms with Gasteiger partial charge in [-0.1, -0.05) is 0 Å². The van der Waals surface area contributed by atoms with E-state index < -0.39 is 11.8 Å². The van der Waals surface area contributed by atoms with Crippen LogP contribution in [0.25, 0.3) is 11.4 Å². The highest BCUT2D eigenvalue weighted by Crippen LogP contribution is 2.23. The molecule has 17 heavy (non-hydrogen) atoms. The van der Waals surface area contributed by atoms with Crippen molar-refractivity contribution in [2.75, 3.05) is 0 Å². The van der Waals surface area contributed by atoms with Crippen molar-refractivity contribution in [3.63, 3.8) is 0 Å². The van der Waals surface area contributed by atoms with Gasteiger partial charge in [-0.3, -0.25) is 9.67 Å². The first kappa shape index (κ1) is 11.3. The minimum atomic E-state index is -1.07. The van der Waals surface area contributed by atoms with Gasteiger partial charge in [-0.05, 0) is 19.1 Å². The maximum Gasteiger partial charge on any atom is 0.339 e. The molecule has 5 nitrogen and oxygen atoms in total. The molecule has 0 amide bonds. The first-order valence-electron chi connectivity index (χ1n) is 4.89. The van der Waals surface area contributed by atoms with E-state index >= 15 is 0 Å². The van der Waals surface area contributed by atoms with Gasteiger partial charge in [0.2, 0.25) is 0 Å². The van der Waals surface area contributed by atoms with Crippen molar-refractivity contribution < 1.29 is 14.3 Å². The van der Waals surface area contributed by atoms with E-state index in [0.29, 0.717) is 11.4 Å². The Bertz CT molecular complexity index is 575. The quantitative estimate of drug-likeness (QED) is 0.858. The normalized spacial score (nSPS) is 10.5. The highest BCUT2D eigenvalue weighted by atomic mass is 19.1. The number of carboxylic acids is 1. The summed E-state index contributed by atoms with van der Waals surface area (Å²) in [4.78, 5) is 15.0. The van der Waals surface area contributed by atoms with Crippen molar-refractivity contribution in [1.82, 2.24) is 14.8 Å². The Morgan fingerprint density at radius 1 is 1.47 bits per heavy atom. The number of aromatic nitrogens is 3. The number of pyridine rings is 1. The SMILES string of the molecule is Cc1c(C(=O)O)c(-c2ccc(F)cn2)nn1C. The van der Waals surface area contributed by atoms with Crippen LogP contribution in [0.15, 0.2) is 18.3 Å². The Morgan fingerprint density at radius 3 is 2.71 bits per heavy atom. The van der Waals surface area contributed by atoms with E-state index in [1.807, 2.05) is 0 Å². The zero-order valence-corrected chi connectivity index (χ0v) is 9.31. The summed E-state index contributed by atoms with van der Waals surface area (Å²) in [7, 11) is 1.65. The lowest BCUT2D eigenvalue weighted by molar-refractivity contribution is 0.0697. The van der Waals surface area contributed by atoms with Crippen LogP contribution in [0.3, 0.4) is 0 Å². The largest absolute Gasteiger partial charge is 0.478 e. The first-order chi connectivity index (χ1) is 8.00. The van der Waals surface area contributed by atoms with E-state index in [0.717, 1.165) is 6.20 Å². The van der Waals surface area contributed by atoms with Gasteiger partial charge in [-0.15, -0.1) is 0 Å². The Balaban J connectivity index is 2.63. The van der Waals surface area contributed by atoms with E-state index in [1.165, 1.54) is 16.8 Å². The average Bonchev–Trinajstić information content (AvgIpc) is 2.56. The molecule has 0 saturated carbocycles. The minimum absolute atomic E-state index is 0.0895. The molecule has 2 aromatic rings. The van der Waals surface area contributed by atoms with Gasteiger partial charge in [-0.2, -0.15) is 5.10 Å². The molecule has 0 radical (unpaired) electrons. The summed E-state index contributed by atoms with van der Waals surface area (Å²) < 4.78 is 14.2. The fourth-order valence-electron chi connectivity index (χ4n) is 1.56. The molecule has 0 aromatic carbocycles. The molecular formula is C11H10FN3O2. The van der Waals surface area contributed by atoms with Crippen LogP contribution in [0.2, 0.25) is 0 Å². The van der Waals surface area contributed by atoms with E-state index in [2.05, 4.69) is 10.1 Å². The lowest BCUT2D eigenvalue weighted by atomic mass is 10.1. The summed E-state index contributed by atoms with van der Waals surface area (Å²) in [6.07, 6.45) is 1.03. The van der Waals surface area contributed by atoms with E-state index in [4.69, 9.17) is 5.11 Å². The third-order valence-electron chi connectivity index (χ3n) is 2.52. The van der Waals surface area contributed by atoms with Crippen LogP contribution in [0.1, 0.15) is 16.1 Å². The standard InChI is InChI=1S/C11H10FN3O2/c1-6-9(11(16)17)10(14-15(6)2)8-4-3-7(12)5-13-8/h3-5H,1-2H3,(H,16,17). The molecule has 2 aromatic heterocycles. The molecule has 88 valence electrons. The molecule has 0 unspecified atom stereocenters. The smallest absolute Gasteiger partial charge is 0.339 e. The van der Waals surface area contributed by atoms with Gasteiger partial charge in [0, 0.05) is 7.05 Å². The van der Waals surface area contributed by atoms with Crippen LogP contribution < -0.4 is 0 Å². The zero-order chi connectivity index (χ0) is 12.6. The Labute approximate surface area is 96.5 Å². The van der Waals surface area contributed by atoms with Gasteiger partial charge >= 0.3 is 5.97 Å². The van der Waals surface area contributed by atoms with Gasteiger partial charge in [-0.25, -0.2) is 9.18 Å². The molecule has 0 aliphatic carbocycles. The molecule has 0 aliphatic rings. The Morgan fingerprint density at radius 2 is 2.18 bits per heavy atom. The molecule has 0 atom stereocenters. The molecule has 1 N–H and O–H groups in total. The summed E-state index contributed by atoms with van der Waals surface area (Å²) in [5.41, 5.74) is 1.20. The van der Waals surface area contributed by atoms with E-state index in [9.17, 15) is 9.18 Å². The second-order valence-electron chi connectivity index (χ2n) is 3.60. The van der Waals surface area contributed by atoms with Crippen LogP contribution in [0.5, 0.6) is 0 Å². The van der Waals surface area contributed by atoms with Crippen molar-refractivity contribution in [3.05, 3.63) is 35.4 Å². The summed E-state index contributed by atoms with van der Waals surface area (Å²) >= 11 is 0. The van der Waals surface area contributed by atoms with Crippen LogP contribution in [0, 0.1) is 12.7 Å². The molecule has 0 aliphatic heterocycles. The molecule has 0 bridgehead atoms. The maximum atomic E-state index is 12.7. The van der Waals surface area contributed by atoms with Gasteiger partial charge in [0.1, 0.15) is 17.1 Å². The minimum Gasteiger partial charge on any atom is -0.478 e. The summed E-state index contributed by atoms with van der Waals surface area (Å²) in [5.74, 6) is -1.55. The van der Waals surface area contributed by atoms with Crippen LogP contribution in [0.4, 0.5) is 4.39 Å². The number of nitrogens with zero attached hydrogens (tertiary/aromatic N) is 3. The Hall–Kier alpha value is -2.24. The lowest BCUT2D eigenvalue weighted by Gasteiger charge is -1.98. The number of hydrogen-bond donors (Lipinski definition) is 1. The van der Waals surface area contributed by atoms with Gasteiger partial charge in [0.25, 0.3) is 0 Å². The number of aromatic carboxylic acids is 1. The van der Waals surface area contributed by atoms with Crippen LogP contribution in [-0.4, -0.2) is 25.8 Å². The second-order valence-corrected chi connectivity index (χ2v) is 3.60. The summed E-state index contributed by atoms with van der Waals surface area (Å²) in [6, 6.07) is 2.63. The average molecular weight is 235 g/mol. The monoisotopic (exact) mass is 235 g/mol. The lowest BCUT2D eigenvalue weighted by Crippen LogP contribution is -2.01. The zero-order valence-electron chi connectivity index (χ0n) is 9.31. The summed E-state index contributed by atoms with van der Waals surface area (Å²) in [5, 5.41) is 13.2. The second kappa shape index (κ2) is 3.97. The molecule has 0 saturated heterocycles. The predicted molar refractivity (Wildman–Crippen MR) is 58.1 cm³/mol. The van der Waals surface area contributed by atoms with Crippen molar-refractivity contribution in [2.24, 2.45) is 7.05 Å².